The zero-order valence-corrected chi connectivity index (χ0v) is 24.2. The van der Waals surface area contributed by atoms with Crippen LogP contribution in [0.3, 0.4) is 0 Å². The number of halogens is 1. The summed E-state index contributed by atoms with van der Waals surface area (Å²) >= 11 is 0. The number of carbonyl (C=O) groups is 2. The van der Waals surface area contributed by atoms with Crippen molar-refractivity contribution in [3.05, 3.63) is 89.4 Å². The number of allylic oxidation sites excluding steroid dienone is 2. The minimum atomic E-state index is -0.576. The third-order valence-electron chi connectivity index (χ3n) is 7.77. The van der Waals surface area contributed by atoms with Crippen molar-refractivity contribution in [2.45, 2.75) is 52.1 Å². The topological polar surface area (TPSA) is 90.9 Å². The first-order valence-electron chi connectivity index (χ1n) is 14.3. The molecule has 1 aliphatic heterocycles. The van der Waals surface area contributed by atoms with Crippen LogP contribution in [-0.2, 0) is 0 Å². The molecule has 2 amide bonds. The van der Waals surface area contributed by atoms with Gasteiger partial charge >= 0.3 is 0 Å². The van der Waals surface area contributed by atoms with E-state index < -0.39 is 11.6 Å². The maximum atomic E-state index is 14.0. The first-order chi connectivity index (χ1) is 19.7. The van der Waals surface area contributed by atoms with E-state index in [0.717, 1.165) is 23.1 Å². The number of hydrogen-bond acceptors (Lipinski definition) is 5. The highest BCUT2D eigenvalue weighted by Gasteiger charge is 2.39. The Labute approximate surface area is 241 Å². The summed E-state index contributed by atoms with van der Waals surface area (Å²) in [5.41, 5.74) is 3.09. The minimum Gasteiger partial charge on any atom is -0.493 e. The number of fused-ring (bicyclic) bond motifs is 1. The zero-order chi connectivity index (χ0) is 29.6. The van der Waals surface area contributed by atoms with Gasteiger partial charge in [-0.25, -0.2) is 4.39 Å². The molecule has 2 aromatic carbocycles. The Bertz CT molecular complexity index is 1350. The van der Waals surface area contributed by atoms with Gasteiger partial charge in [0.05, 0.1) is 30.4 Å². The number of hydrogen-bond donors (Lipinski definition) is 3. The zero-order valence-electron chi connectivity index (χ0n) is 24.2. The van der Waals surface area contributed by atoms with Crippen molar-refractivity contribution in [3.8, 4) is 16.9 Å². The molecule has 0 fully saturated rings. The van der Waals surface area contributed by atoms with Gasteiger partial charge in [0, 0.05) is 24.6 Å². The maximum Gasteiger partial charge on any atom is 0.255 e. The highest BCUT2D eigenvalue weighted by molar-refractivity contribution is 5.99. The molecule has 3 atom stereocenters. The van der Waals surface area contributed by atoms with E-state index in [4.69, 9.17) is 4.74 Å². The largest absolute Gasteiger partial charge is 0.493 e. The Morgan fingerprint density at radius 1 is 1.12 bits per heavy atom. The molecule has 3 unspecified atom stereocenters. The van der Waals surface area contributed by atoms with E-state index in [1.54, 1.807) is 41.3 Å². The Kier molecular flexibility index (Phi) is 9.65. The summed E-state index contributed by atoms with van der Waals surface area (Å²) < 4.78 is 19.9. The molecule has 218 valence electrons. The molecule has 0 bridgehead atoms. The lowest BCUT2D eigenvalue weighted by molar-refractivity contribution is 0.0772. The second-order valence-corrected chi connectivity index (χ2v) is 10.7. The van der Waals surface area contributed by atoms with Gasteiger partial charge in [0.15, 0.2) is 0 Å². The van der Waals surface area contributed by atoms with Crippen LogP contribution in [0.2, 0.25) is 0 Å². The molecule has 0 saturated heterocycles. The fourth-order valence-electron chi connectivity index (χ4n) is 5.33. The molecular weight excluding hydrogens is 521 g/mol. The van der Waals surface area contributed by atoms with Crippen LogP contribution < -0.4 is 15.4 Å². The third kappa shape index (κ3) is 6.70. The highest BCUT2D eigenvalue weighted by atomic mass is 19.1. The molecule has 7 nitrogen and oxygen atoms in total. The second kappa shape index (κ2) is 13.2. The lowest BCUT2D eigenvalue weighted by atomic mass is 9.78. The van der Waals surface area contributed by atoms with Crippen molar-refractivity contribution in [1.82, 2.24) is 15.5 Å². The molecule has 1 aliphatic carbocycles. The number of aliphatic hydroxyl groups excluding tert-OH is 1. The van der Waals surface area contributed by atoms with Crippen molar-refractivity contribution in [2.75, 3.05) is 26.3 Å². The van der Waals surface area contributed by atoms with Crippen LogP contribution in [0.1, 0.15) is 61.3 Å². The molecule has 1 heterocycles. The molecule has 8 heteroatoms. The Morgan fingerprint density at radius 2 is 1.83 bits per heavy atom. The van der Waals surface area contributed by atoms with E-state index in [1.807, 2.05) is 52.1 Å². The van der Waals surface area contributed by atoms with Gasteiger partial charge in [-0.1, -0.05) is 31.2 Å². The van der Waals surface area contributed by atoms with E-state index in [1.165, 1.54) is 6.08 Å². The summed E-state index contributed by atoms with van der Waals surface area (Å²) in [4.78, 5) is 28.0. The SMILES string of the molecule is CCCOc1ccc(-c2ccc(C(=O)N(CC)CC)cc2)cc1C(=O)NC(CO)CC1=CNC2(C)C=CC(F)=CC12. The summed E-state index contributed by atoms with van der Waals surface area (Å²) in [6.07, 6.45) is 7.82. The van der Waals surface area contributed by atoms with E-state index in [2.05, 4.69) is 10.6 Å². The molecule has 4 rings (SSSR count). The number of nitrogens with zero attached hydrogens (tertiary/aromatic N) is 1. The second-order valence-electron chi connectivity index (χ2n) is 10.7. The van der Waals surface area contributed by atoms with Crippen LogP contribution in [-0.4, -0.2) is 59.7 Å². The minimum absolute atomic E-state index is 0.0182. The van der Waals surface area contributed by atoms with Crippen molar-refractivity contribution in [1.29, 1.82) is 0 Å². The Morgan fingerprint density at radius 3 is 2.49 bits per heavy atom. The quantitative estimate of drug-likeness (QED) is 0.323. The molecule has 2 aliphatic rings. The van der Waals surface area contributed by atoms with Gasteiger partial charge in [-0.3, -0.25) is 9.59 Å². The van der Waals surface area contributed by atoms with Gasteiger partial charge < -0.3 is 25.4 Å². The molecule has 0 spiro atoms. The van der Waals surface area contributed by atoms with Crippen LogP contribution in [0.5, 0.6) is 5.75 Å². The summed E-state index contributed by atoms with van der Waals surface area (Å²) in [6.45, 7) is 9.35. The number of benzene rings is 2. The van der Waals surface area contributed by atoms with E-state index >= 15 is 0 Å². The fraction of sp³-hybridized carbons (Fsp3) is 0.394. The first kappa shape index (κ1) is 30.1. The van der Waals surface area contributed by atoms with Gasteiger partial charge in [0.1, 0.15) is 11.6 Å². The van der Waals surface area contributed by atoms with E-state index in [9.17, 15) is 19.1 Å². The predicted octanol–water partition coefficient (Wildman–Crippen LogP) is 5.39. The monoisotopic (exact) mass is 561 g/mol. The molecule has 2 aromatic rings. The maximum absolute atomic E-state index is 14.0. The van der Waals surface area contributed by atoms with Gasteiger partial charge in [0.25, 0.3) is 11.8 Å². The molecule has 0 aromatic heterocycles. The number of ether oxygens (including phenoxy) is 1. The fourth-order valence-corrected chi connectivity index (χ4v) is 5.33. The van der Waals surface area contributed by atoms with Gasteiger partial charge in [-0.2, -0.15) is 0 Å². The predicted molar refractivity (Wildman–Crippen MR) is 159 cm³/mol. The van der Waals surface area contributed by atoms with Crippen LogP contribution in [0.25, 0.3) is 11.1 Å². The molecule has 3 N–H and O–H groups in total. The van der Waals surface area contributed by atoms with Crippen LogP contribution in [0.15, 0.2) is 78.3 Å². The summed E-state index contributed by atoms with van der Waals surface area (Å²) in [5, 5.41) is 16.4. The smallest absolute Gasteiger partial charge is 0.255 e. The normalized spacial score (nSPS) is 19.9. The van der Waals surface area contributed by atoms with E-state index in [0.29, 0.717) is 43.0 Å². The first-order valence-corrected chi connectivity index (χ1v) is 14.3. The summed E-state index contributed by atoms with van der Waals surface area (Å²) in [7, 11) is 0. The highest BCUT2D eigenvalue weighted by Crippen LogP contribution is 2.39. The number of nitrogens with one attached hydrogen (secondary N) is 2. The molecule has 0 radical (unpaired) electrons. The van der Waals surface area contributed by atoms with Crippen LogP contribution in [0, 0.1) is 5.92 Å². The Balaban J connectivity index is 1.54. The summed E-state index contributed by atoms with van der Waals surface area (Å²) in [5.74, 6) is -0.441. The van der Waals surface area contributed by atoms with Crippen molar-refractivity contribution in [2.24, 2.45) is 5.92 Å². The molecule has 0 saturated carbocycles. The van der Waals surface area contributed by atoms with Crippen LogP contribution in [0.4, 0.5) is 4.39 Å². The van der Waals surface area contributed by atoms with Gasteiger partial charge in [0.2, 0.25) is 0 Å². The number of aliphatic hydroxyl groups is 1. The lowest BCUT2D eigenvalue weighted by Crippen LogP contribution is -2.42. The van der Waals surface area contributed by atoms with Gasteiger partial charge in [-0.15, -0.1) is 0 Å². The van der Waals surface area contributed by atoms with Crippen LogP contribution >= 0.6 is 0 Å². The van der Waals surface area contributed by atoms with Crippen molar-refractivity contribution >= 4 is 11.8 Å². The third-order valence-corrected chi connectivity index (χ3v) is 7.77. The molecular formula is C33H40FN3O4. The van der Waals surface area contributed by atoms with Gasteiger partial charge in [-0.05, 0) is 92.9 Å². The molecule has 41 heavy (non-hydrogen) atoms. The van der Waals surface area contributed by atoms with E-state index in [-0.39, 0.29) is 30.2 Å². The number of carbonyl (C=O) groups excluding carboxylic acids is 2. The standard InChI is InChI=1S/C33H40FN3O4/c1-5-16-41-30-13-12-24(22-8-10-23(11-9-22)32(40)37(6-2)7-3)18-28(30)31(39)36-27(21-38)17-25-20-35-33(4)15-14-26(34)19-29(25)33/h8-15,18-20,27,29,35,38H,5-7,16-17,21H2,1-4H3,(H,36,39). The number of rotatable bonds is 12. The van der Waals surface area contributed by atoms with Crippen molar-refractivity contribution < 1.29 is 23.8 Å². The Hall–Kier alpha value is -3.91. The summed E-state index contributed by atoms with van der Waals surface area (Å²) in [6, 6.07) is 12.2. The average Bonchev–Trinajstić information content (AvgIpc) is 3.31. The number of amides is 2. The average molecular weight is 562 g/mol. The van der Waals surface area contributed by atoms with Crippen molar-refractivity contribution in [3.63, 3.8) is 0 Å². The lowest BCUT2D eigenvalue weighted by Gasteiger charge is -2.32.